The van der Waals surface area contributed by atoms with Gasteiger partial charge in [-0.05, 0) is 11.6 Å². The van der Waals surface area contributed by atoms with Gasteiger partial charge in [0, 0.05) is 31.9 Å². The summed E-state index contributed by atoms with van der Waals surface area (Å²) in [7, 11) is 1.36. The number of esters is 1. The molecule has 0 unspecified atom stereocenters. The standard InChI is InChI=1S/C12H15N3O2/c1-17-12(16)10-15(7-3-5-13)9-11-4-2-6-14-8-11/h2,4,6,8H,3,7,9-10H2,1H3. The van der Waals surface area contributed by atoms with E-state index in [2.05, 4.69) is 15.8 Å². The second-order valence-corrected chi connectivity index (χ2v) is 3.56. The van der Waals surface area contributed by atoms with Crippen LogP contribution in [0, 0.1) is 11.3 Å². The van der Waals surface area contributed by atoms with E-state index in [4.69, 9.17) is 5.26 Å². The first kappa shape index (κ1) is 13.1. The predicted molar refractivity (Wildman–Crippen MR) is 61.8 cm³/mol. The molecule has 0 bridgehead atoms. The number of nitrogens with zero attached hydrogens (tertiary/aromatic N) is 3. The fourth-order valence-corrected chi connectivity index (χ4v) is 1.42. The maximum absolute atomic E-state index is 11.2. The summed E-state index contributed by atoms with van der Waals surface area (Å²) in [6, 6.07) is 5.84. The molecule has 0 amide bonds. The van der Waals surface area contributed by atoms with E-state index in [1.54, 1.807) is 12.4 Å². The van der Waals surface area contributed by atoms with E-state index in [1.165, 1.54) is 7.11 Å². The zero-order valence-electron chi connectivity index (χ0n) is 9.80. The monoisotopic (exact) mass is 233 g/mol. The quantitative estimate of drug-likeness (QED) is 0.685. The topological polar surface area (TPSA) is 66.2 Å². The van der Waals surface area contributed by atoms with Crippen molar-refractivity contribution in [1.82, 2.24) is 9.88 Å². The van der Waals surface area contributed by atoms with Gasteiger partial charge in [-0.1, -0.05) is 6.07 Å². The molecule has 0 aromatic carbocycles. The van der Waals surface area contributed by atoms with Gasteiger partial charge in [0.25, 0.3) is 0 Å². The average Bonchev–Trinajstić information content (AvgIpc) is 2.37. The van der Waals surface area contributed by atoms with E-state index in [-0.39, 0.29) is 12.5 Å². The molecule has 0 fully saturated rings. The normalized spacial score (nSPS) is 9.94. The van der Waals surface area contributed by atoms with Gasteiger partial charge in [0.15, 0.2) is 0 Å². The first-order chi connectivity index (χ1) is 8.26. The van der Waals surface area contributed by atoms with Crippen molar-refractivity contribution in [3.63, 3.8) is 0 Å². The molecule has 1 aromatic rings. The summed E-state index contributed by atoms with van der Waals surface area (Å²) < 4.78 is 4.62. The maximum atomic E-state index is 11.2. The third-order valence-electron chi connectivity index (χ3n) is 2.25. The lowest BCUT2D eigenvalue weighted by molar-refractivity contribution is -0.142. The van der Waals surface area contributed by atoms with Gasteiger partial charge in [0.05, 0.1) is 19.7 Å². The van der Waals surface area contributed by atoms with E-state index >= 15 is 0 Å². The lowest BCUT2D eigenvalue weighted by Gasteiger charge is -2.19. The predicted octanol–water partition coefficient (Wildman–Crippen LogP) is 0.970. The summed E-state index contributed by atoms with van der Waals surface area (Å²) in [6.07, 6.45) is 3.83. The van der Waals surface area contributed by atoms with E-state index in [1.807, 2.05) is 17.0 Å². The largest absolute Gasteiger partial charge is 0.468 e. The molecule has 0 saturated carbocycles. The van der Waals surface area contributed by atoms with Crippen LogP contribution in [0.3, 0.4) is 0 Å². The Morgan fingerprint density at radius 3 is 3.06 bits per heavy atom. The third kappa shape index (κ3) is 5.09. The number of carbonyl (C=O) groups is 1. The lowest BCUT2D eigenvalue weighted by Crippen LogP contribution is -2.31. The lowest BCUT2D eigenvalue weighted by atomic mass is 10.2. The minimum atomic E-state index is -0.299. The van der Waals surface area contributed by atoms with Crippen molar-refractivity contribution in [2.24, 2.45) is 0 Å². The molecule has 0 radical (unpaired) electrons. The zero-order valence-corrected chi connectivity index (χ0v) is 9.80. The SMILES string of the molecule is COC(=O)CN(CCC#N)Cc1cccnc1. The molecule has 17 heavy (non-hydrogen) atoms. The van der Waals surface area contributed by atoms with Crippen LogP contribution >= 0.6 is 0 Å². The molecule has 0 aliphatic rings. The summed E-state index contributed by atoms with van der Waals surface area (Å²) in [5.74, 6) is -0.299. The van der Waals surface area contributed by atoms with Gasteiger partial charge in [-0.25, -0.2) is 0 Å². The van der Waals surface area contributed by atoms with Gasteiger partial charge < -0.3 is 4.74 Å². The van der Waals surface area contributed by atoms with Crippen molar-refractivity contribution in [2.45, 2.75) is 13.0 Å². The van der Waals surface area contributed by atoms with Crippen LogP contribution in [0.5, 0.6) is 0 Å². The minimum Gasteiger partial charge on any atom is -0.468 e. The van der Waals surface area contributed by atoms with Gasteiger partial charge in [-0.15, -0.1) is 0 Å². The van der Waals surface area contributed by atoms with Gasteiger partial charge >= 0.3 is 5.97 Å². The first-order valence-corrected chi connectivity index (χ1v) is 5.31. The molecule has 0 aliphatic heterocycles. The molecule has 5 nitrogen and oxygen atoms in total. The highest BCUT2D eigenvalue weighted by atomic mass is 16.5. The number of pyridine rings is 1. The van der Waals surface area contributed by atoms with Gasteiger partial charge in [-0.2, -0.15) is 5.26 Å². The number of hydrogen-bond acceptors (Lipinski definition) is 5. The molecule has 5 heteroatoms. The van der Waals surface area contributed by atoms with Crippen molar-refractivity contribution >= 4 is 5.97 Å². The van der Waals surface area contributed by atoms with E-state index in [0.717, 1.165) is 5.56 Å². The highest BCUT2D eigenvalue weighted by molar-refractivity contribution is 5.71. The number of nitriles is 1. The maximum Gasteiger partial charge on any atom is 0.319 e. The Balaban J connectivity index is 2.57. The van der Waals surface area contributed by atoms with E-state index in [9.17, 15) is 4.79 Å². The van der Waals surface area contributed by atoms with Crippen molar-refractivity contribution in [1.29, 1.82) is 5.26 Å². The summed E-state index contributed by atoms with van der Waals surface area (Å²) in [6.45, 7) is 1.32. The number of ether oxygens (including phenoxy) is 1. The molecule has 0 saturated heterocycles. The van der Waals surface area contributed by atoms with Crippen molar-refractivity contribution in [3.05, 3.63) is 30.1 Å². The van der Waals surface area contributed by atoms with E-state index < -0.39 is 0 Å². The Hall–Kier alpha value is -1.93. The van der Waals surface area contributed by atoms with Crippen LogP contribution in [0.1, 0.15) is 12.0 Å². The molecule has 0 atom stereocenters. The molecule has 1 rings (SSSR count). The fourth-order valence-electron chi connectivity index (χ4n) is 1.42. The summed E-state index contributed by atoms with van der Waals surface area (Å²) in [5, 5.41) is 8.57. The average molecular weight is 233 g/mol. The minimum absolute atomic E-state index is 0.188. The third-order valence-corrected chi connectivity index (χ3v) is 2.25. The smallest absolute Gasteiger partial charge is 0.319 e. The van der Waals surface area contributed by atoms with Crippen LogP contribution in [-0.4, -0.2) is 36.1 Å². The summed E-state index contributed by atoms with van der Waals surface area (Å²) >= 11 is 0. The second kappa shape index (κ2) is 7.36. The van der Waals surface area contributed by atoms with Crippen LogP contribution in [-0.2, 0) is 16.1 Å². The van der Waals surface area contributed by atoms with E-state index in [0.29, 0.717) is 19.5 Å². The van der Waals surface area contributed by atoms with Gasteiger partial charge in [0.1, 0.15) is 0 Å². The molecule has 0 spiro atoms. The summed E-state index contributed by atoms with van der Waals surface area (Å²) in [4.78, 5) is 17.1. The molecule has 0 N–H and O–H groups in total. The number of rotatable bonds is 6. The molecule has 0 aliphatic carbocycles. The molecule has 90 valence electrons. The Kier molecular flexibility index (Phi) is 5.69. The Morgan fingerprint density at radius 1 is 1.65 bits per heavy atom. The molecular weight excluding hydrogens is 218 g/mol. The van der Waals surface area contributed by atoms with Crippen molar-refractivity contribution in [2.75, 3.05) is 20.2 Å². The van der Waals surface area contributed by atoms with Gasteiger partial charge in [-0.3, -0.25) is 14.7 Å². The fraction of sp³-hybridized carbons (Fsp3) is 0.417. The van der Waals surface area contributed by atoms with Crippen LogP contribution < -0.4 is 0 Å². The van der Waals surface area contributed by atoms with Crippen LogP contribution in [0.15, 0.2) is 24.5 Å². The highest BCUT2D eigenvalue weighted by Gasteiger charge is 2.11. The Morgan fingerprint density at radius 2 is 2.47 bits per heavy atom. The molecule has 1 aromatic heterocycles. The second-order valence-electron chi connectivity index (χ2n) is 3.56. The Bertz CT molecular complexity index is 386. The number of hydrogen-bond donors (Lipinski definition) is 0. The number of aromatic nitrogens is 1. The first-order valence-electron chi connectivity index (χ1n) is 5.31. The summed E-state index contributed by atoms with van der Waals surface area (Å²) in [5.41, 5.74) is 1.01. The van der Waals surface area contributed by atoms with Gasteiger partial charge in [0.2, 0.25) is 0 Å². The zero-order chi connectivity index (χ0) is 12.5. The number of methoxy groups -OCH3 is 1. The van der Waals surface area contributed by atoms with Crippen molar-refractivity contribution in [3.8, 4) is 6.07 Å². The highest BCUT2D eigenvalue weighted by Crippen LogP contribution is 2.03. The number of carbonyl (C=O) groups excluding carboxylic acids is 1. The molecule has 1 heterocycles. The van der Waals surface area contributed by atoms with Crippen LogP contribution in [0.25, 0.3) is 0 Å². The van der Waals surface area contributed by atoms with Crippen molar-refractivity contribution < 1.29 is 9.53 Å². The molecular formula is C12H15N3O2. The Labute approximate surface area is 101 Å². The van der Waals surface area contributed by atoms with Crippen LogP contribution in [0.2, 0.25) is 0 Å². The van der Waals surface area contributed by atoms with Crippen LogP contribution in [0.4, 0.5) is 0 Å².